The van der Waals surface area contributed by atoms with Crippen molar-refractivity contribution in [1.29, 1.82) is 0 Å². The van der Waals surface area contributed by atoms with Crippen LogP contribution in [0, 0.1) is 18.8 Å². The van der Waals surface area contributed by atoms with Crippen molar-refractivity contribution in [3.8, 4) is 11.4 Å². The van der Waals surface area contributed by atoms with E-state index in [0.717, 1.165) is 11.3 Å². The molecular weight excluding hydrogens is 492 g/mol. The fraction of sp³-hybridized carbons (Fsp3) is 0.0556. The molecule has 6 nitrogen and oxygen atoms in total. The third kappa shape index (κ3) is 5.45. The molecule has 1 aliphatic rings. The van der Waals surface area contributed by atoms with E-state index < -0.39 is 0 Å². The second-order valence-corrected chi connectivity index (χ2v) is 4.84. The normalized spacial score (nSPS) is 12.2. The fourth-order valence-corrected chi connectivity index (χ4v) is 1.93. The molecule has 25 heavy (non-hydrogen) atoms. The summed E-state index contributed by atoms with van der Waals surface area (Å²) >= 11 is 0. The van der Waals surface area contributed by atoms with Crippen LogP contribution in [0.4, 0.5) is 5.69 Å². The van der Waals surface area contributed by atoms with Crippen LogP contribution in [0.1, 0.15) is 0 Å². The molecule has 0 aliphatic carbocycles. The minimum Gasteiger partial charge on any atom is -0.493 e. The number of aromatic nitrogens is 3. The molecule has 0 saturated heterocycles. The predicted octanol–water partition coefficient (Wildman–Crippen LogP) is 2.64. The maximum absolute atomic E-state index is 4.13. The van der Waals surface area contributed by atoms with Crippen LogP contribution in [-0.4, -0.2) is 33.2 Å². The van der Waals surface area contributed by atoms with Crippen LogP contribution in [0.5, 0.6) is 0 Å². The molecule has 4 rings (SSSR count). The predicted molar refractivity (Wildman–Crippen MR) is 92.4 cm³/mol. The zero-order chi connectivity index (χ0) is 16.6. The molecule has 2 aromatic carbocycles. The summed E-state index contributed by atoms with van der Waals surface area (Å²) in [6, 6.07) is 21.4. The average molecular weight is 508 g/mol. The van der Waals surface area contributed by atoms with Gasteiger partial charge in [-0.05, 0) is 7.05 Å². The minimum absolute atomic E-state index is 0. The van der Waals surface area contributed by atoms with E-state index in [9.17, 15) is 0 Å². The first-order chi connectivity index (χ1) is 11.8. The number of anilines is 1. The smallest absolute Gasteiger partial charge is 0.493 e. The molecule has 0 spiro atoms. The molecule has 0 atom stereocenters. The van der Waals surface area contributed by atoms with Crippen molar-refractivity contribution < 1.29 is 20.1 Å². The van der Waals surface area contributed by atoms with Gasteiger partial charge in [0.25, 0.3) is 0 Å². The van der Waals surface area contributed by atoms with Crippen molar-refractivity contribution in [1.82, 2.24) is 19.9 Å². The SMILES string of the molecule is CN1C=NN(c2[c-]cccc2)[CH-]1.[Ir+3].[c-]1ccccc1-c1ncncn1. The van der Waals surface area contributed by atoms with E-state index in [0.29, 0.717) is 5.82 Å². The first kappa shape index (κ1) is 18.7. The van der Waals surface area contributed by atoms with Gasteiger partial charge in [-0.2, -0.15) is 29.4 Å². The summed E-state index contributed by atoms with van der Waals surface area (Å²) in [5.41, 5.74) is 1.85. The van der Waals surface area contributed by atoms with E-state index >= 15 is 0 Å². The quantitative estimate of drug-likeness (QED) is 0.500. The Balaban J connectivity index is 0.000000173. The zero-order valence-corrected chi connectivity index (χ0v) is 15.8. The third-order valence-electron chi connectivity index (χ3n) is 3.03. The number of hydrogen-bond donors (Lipinski definition) is 0. The van der Waals surface area contributed by atoms with Gasteiger partial charge in [0.05, 0.1) is 12.2 Å². The summed E-state index contributed by atoms with van der Waals surface area (Å²) in [7, 11) is 1.94. The van der Waals surface area contributed by atoms with Gasteiger partial charge in [0.2, 0.25) is 0 Å². The molecule has 0 bridgehead atoms. The number of para-hydroxylation sites is 1. The second-order valence-electron chi connectivity index (χ2n) is 4.84. The number of hydrogen-bond acceptors (Lipinski definition) is 6. The van der Waals surface area contributed by atoms with Gasteiger partial charge >= 0.3 is 20.1 Å². The van der Waals surface area contributed by atoms with E-state index in [1.54, 1.807) is 11.3 Å². The first-order valence-corrected chi connectivity index (χ1v) is 7.29. The van der Waals surface area contributed by atoms with Crippen LogP contribution in [-0.2, 0) is 20.1 Å². The molecule has 2 heterocycles. The zero-order valence-electron chi connectivity index (χ0n) is 13.4. The van der Waals surface area contributed by atoms with E-state index in [2.05, 4.69) is 32.2 Å². The largest absolute Gasteiger partial charge is 3.00 e. The van der Waals surface area contributed by atoms with Crippen molar-refractivity contribution in [3.05, 3.63) is 80.0 Å². The monoisotopic (exact) mass is 508 g/mol. The Morgan fingerprint density at radius 1 is 0.960 bits per heavy atom. The number of rotatable bonds is 2. The summed E-state index contributed by atoms with van der Waals surface area (Å²) in [6.07, 6.45) is 4.70. The van der Waals surface area contributed by atoms with Gasteiger partial charge in [-0.25, -0.2) is 4.98 Å². The minimum atomic E-state index is 0. The Kier molecular flexibility index (Phi) is 7.19. The summed E-state index contributed by atoms with van der Waals surface area (Å²) in [6.45, 7) is 1.89. The molecule has 1 aromatic heterocycles. The first-order valence-electron chi connectivity index (χ1n) is 7.29. The summed E-state index contributed by atoms with van der Waals surface area (Å²) in [5.74, 6) is 0.658. The second kappa shape index (κ2) is 9.61. The number of nitrogens with zero attached hydrogens (tertiary/aromatic N) is 6. The van der Waals surface area contributed by atoms with Crippen molar-refractivity contribution in [2.75, 3.05) is 12.1 Å². The Morgan fingerprint density at radius 3 is 2.24 bits per heavy atom. The maximum Gasteiger partial charge on any atom is 3.00 e. The van der Waals surface area contributed by atoms with Crippen molar-refractivity contribution in [3.63, 3.8) is 0 Å². The molecule has 1 aliphatic heterocycles. The van der Waals surface area contributed by atoms with Crippen LogP contribution in [0.2, 0.25) is 0 Å². The van der Waals surface area contributed by atoms with Crippen molar-refractivity contribution in [2.45, 2.75) is 0 Å². The van der Waals surface area contributed by atoms with Crippen LogP contribution in [0.25, 0.3) is 11.4 Å². The van der Waals surface area contributed by atoms with Gasteiger partial charge in [-0.1, -0.05) is 5.69 Å². The Bertz CT molecular complexity index is 730. The van der Waals surface area contributed by atoms with E-state index in [4.69, 9.17) is 0 Å². The Hall–Kier alpha value is -2.63. The molecule has 0 fully saturated rings. The van der Waals surface area contributed by atoms with Gasteiger partial charge in [0, 0.05) is 0 Å². The van der Waals surface area contributed by atoms with E-state index in [1.165, 1.54) is 12.7 Å². The Labute approximate surface area is 160 Å². The van der Waals surface area contributed by atoms with Gasteiger partial charge in [0.1, 0.15) is 12.7 Å². The topological polar surface area (TPSA) is 57.5 Å². The van der Waals surface area contributed by atoms with Crippen molar-refractivity contribution in [2.24, 2.45) is 5.10 Å². The van der Waals surface area contributed by atoms with Gasteiger partial charge in [-0.15, -0.1) is 48.6 Å². The van der Waals surface area contributed by atoms with Crippen molar-refractivity contribution >= 4 is 12.0 Å². The molecule has 0 saturated carbocycles. The van der Waals surface area contributed by atoms with Gasteiger partial charge in [-0.3, -0.25) is 9.97 Å². The summed E-state index contributed by atoms with van der Waals surface area (Å²) in [4.78, 5) is 13.6. The van der Waals surface area contributed by atoms with E-state index in [1.807, 2.05) is 67.1 Å². The molecule has 3 aromatic rings. The van der Waals surface area contributed by atoms with Crippen LogP contribution < -0.4 is 5.01 Å². The summed E-state index contributed by atoms with van der Waals surface area (Å²) < 4.78 is 0. The molecule has 126 valence electrons. The molecular formula is C18H15IrN6. The van der Waals surface area contributed by atoms with Gasteiger partial charge < -0.3 is 9.91 Å². The maximum atomic E-state index is 4.13. The van der Waals surface area contributed by atoms with E-state index in [-0.39, 0.29) is 20.1 Å². The van der Waals surface area contributed by atoms with Crippen LogP contribution >= 0.6 is 0 Å². The number of benzene rings is 2. The molecule has 0 radical (unpaired) electrons. The fourth-order valence-electron chi connectivity index (χ4n) is 1.93. The summed E-state index contributed by atoms with van der Waals surface area (Å²) in [5, 5.41) is 5.91. The molecule has 7 heteroatoms. The standard InChI is InChI=1S/C9H9N3.C9H6N3.Ir/c1-11-7-10-12(8-11)9-5-3-2-4-6-9;1-2-4-8(5-3-1)9-11-6-10-7-12-9;/h2-5,7-8H,1H3;1-4,6-7H;/q-2;-1;+3. The number of hydrazone groups is 1. The van der Waals surface area contributed by atoms with Crippen LogP contribution in [0.3, 0.4) is 0 Å². The molecule has 0 N–H and O–H groups in total. The average Bonchev–Trinajstić information content (AvgIpc) is 3.11. The third-order valence-corrected chi connectivity index (χ3v) is 3.03. The van der Waals surface area contributed by atoms with Gasteiger partial charge in [0.15, 0.2) is 0 Å². The molecule has 0 amide bonds. The Morgan fingerprint density at radius 2 is 1.68 bits per heavy atom. The molecule has 0 unspecified atom stereocenters. The van der Waals surface area contributed by atoms with Crippen LogP contribution in [0.15, 0.2) is 66.3 Å².